The summed E-state index contributed by atoms with van der Waals surface area (Å²) in [6, 6.07) is 24.0. The highest BCUT2D eigenvalue weighted by molar-refractivity contribution is 6.86. The summed E-state index contributed by atoms with van der Waals surface area (Å²) in [5.41, 5.74) is 3.29. The SMILES string of the molecule is Cc1cccc([Si](c2cccc(C)c2)[C@@H](c2ccc(C(C)(C)C)cc2)C(F)F)c1. The van der Waals surface area contributed by atoms with Gasteiger partial charge in [0, 0.05) is 5.54 Å². The number of alkyl halides is 2. The molecule has 0 amide bonds. The van der Waals surface area contributed by atoms with Gasteiger partial charge in [-0.05, 0) is 30.4 Å². The highest BCUT2D eigenvalue weighted by atomic mass is 28.3. The first-order chi connectivity index (χ1) is 13.7. The van der Waals surface area contributed by atoms with Crippen molar-refractivity contribution in [3.8, 4) is 0 Å². The second kappa shape index (κ2) is 8.62. The van der Waals surface area contributed by atoms with E-state index in [1.807, 2.05) is 74.5 Å². The first-order valence-corrected chi connectivity index (χ1v) is 11.6. The van der Waals surface area contributed by atoms with Gasteiger partial charge < -0.3 is 0 Å². The highest BCUT2D eigenvalue weighted by Gasteiger charge is 2.36. The van der Waals surface area contributed by atoms with E-state index in [1.54, 1.807) is 0 Å². The second-order valence-electron chi connectivity index (χ2n) is 8.84. The van der Waals surface area contributed by atoms with Crippen LogP contribution < -0.4 is 10.4 Å². The van der Waals surface area contributed by atoms with E-state index in [0.717, 1.165) is 32.6 Å². The third kappa shape index (κ3) is 5.02. The fourth-order valence-corrected chi connectivity index (χ4v) is 6.93. The topological polar surface area (TPSA) is 0 Å². The maximum atomic E-state index is 14.6. The van der Waals surface area contributed by atoms with Crippen LogP contribution in [0.1, 0.15) is 48.6 Å². The Morgan fingerprint density at radius 1 is 0.724 bits per heavy atom. The summed E-state index contributed by atoms with van der Waals surface area (Å²) in [6.45, 7) is 10.5. The van der Waals surface area contributed by atoms with Crippen molar-refractivity contribution in [3.05, 3.63) is 95.1 Å². The molecule has 0 saturated carbocycles. The van der Waals surface area contributed by atoms with Gasteiger partial charge in [0.15, 0.2) is 0 Å². The Kier molecular flexibility index (Phi) is 6.38. The van der Waals surface area contributed by atoms with Gasteiger partial charge in [-0.25, -0.2) is 8.78 Å². The Hall–Kier alpha value is -2.26. The third-order valence-electron chi connectivity index (χ3n) is 5.36. The summed E-state index contributed by atoms with van der Waals surface area (Å²) in [6.07, 6.45) is -2.43. The molecular formula is C26H29F2Si. The maximum Gasteiger partial charge on any atom is 0.243 e. The number of aryl methyl sites for hydroxylation is 2. The van der Waals surface area contributed by atoms with Crippen molar-refractivity contribution >= 4 is 19.2 Å². The Labute approximate surface area is 175 Å². The molecule has 0 aromatic heterocycles. The van der Waals surface area contributed by atoms with Crippen LogP contribution in [0, 0.1) is 13.8 Å². The summed E-state index contributed by atoms with van der Waals surface area (Å²) < 4.78 is 29.1. The van der Waals surface area contributed by atoms with Gasteiger partial charge in [-0.2, -0.15) is 0 Å². The number of halogens is 2. The fourth-order valence-electron chi connectivity index (χ4n) is 3.78. The van der Waals surface area contributed by atoms with E-state index in [4.69, 9.17) is 0 Å². The molecule has 0 aliphatic rings. The van der Waals surface area contributed by atoms with E-state index in [1.165, 1.54) is 0 Å². The maximum absolute atomic E-state index is 14.6. The number of hydrogen-bond acceptors (Lipinski definition) is 0. The zero-order chi connectivity index (χ0) is 21.2. The smallest absolute Gasteiger partial charge is 0.210 e. The van der Waals surface area contributed by atoms with E-state index < -0.39 is 20.8 Å². The van der Waals surface area contributed by atoms with Crippen molar-refractivity contribution in [3.63, 3.8) is 0 Å². The van der Waals surface area contributed by atoms with Gasteiger partial charge >= 0.3 is 0 Å². The van der Waals surface area contributed by atoms with Gasteiger partial charge in [-0.15, -0.1) is 0 Å². The van der Waals surface area contributed by atoms with Crippen molar-refractivity contribution in [1.29, 1.82) is 0 Å². The molecule has 29 heavy (non-hydrogen) atoms. The molecule has 0 unspecified atom stereocenters. The lowest BCUT2D eigenvalue weighted by atomic mass is 9.86. The molecule has 0 bridgehead atoms. The second-order valence-corrected chi connectivity index (χ2v) is 11.4. The molecule has 151 valence electrons. The van der Waals surface area contributed by atoms with Gasteiger partial charge in [0.2, 0.25) is 6.43 Å². The van der Waals surface area contributed by atoms with Gasteiger partial charge in [-0.1, -0.05) is 115 Å². The summed E-state index contributed by atoms with van der Waals surface area (Å²) >= 11 is 0. The summed E-state index contributed by atoms with van der Waals surface area (Å²) in [7, 11) is -1.73. The van der Waals surface area contributed by atoms with E-state index >= 15 is 0 Å². The molecule has 3 aromatic carbocycles. The van der Waals surface area contributed by atoms with Crippen LogP contribution in [-0.4, -0.2) is 15.2 Å². The monoisotopic (exact) mass is 407 g/mol. The molecule has 0 aliphatic heterocycles. The Bertz CT molecular complexity index is 909. The summed E-state index contributed by atoms with van der Waals surface area (Å²) in [5, 5.41) is 2.07. The van der Waals surface area contributed by atoms with Gasteiger partial charge in [-0.3, -0.25) is 0 Å². The number of rotatable bonds is 5. The van der Waals surface area contributed by atoms with Crippen LogP contribution in [0.15, 0.2) is 72.8 Å². The van der Waals surface area contributed by atoms with Crippen LogP contribution in [-0.2, 0) is 5.41 Å². The molecule has 0 saturated heterocycles. The minimum Gasteiger partial charge on any atom is -0.210 e. The lowest BCUT2D eigenvalue weighted by Gasteiger charge is -2.28. The average Bonchev–Trinajstić information content (AvgIpc) is 2.65. The molecule has 3 aromatic rings. The molecule has 3 rings (SSSR count). The van der Waals surface area contributed by atoms with Crippen molar-refractivity contribution in [1.82, 2.24) is 0 Å². The van der Waals surface area contributed by atoms with Crippen molar-refractivity contribution in [2.24, 2.45) is 0 Å². The Morgan fingerprint density at radius 3 is 1.59 bits per heavy atom. The van der Waals surface area contributed by atoms with E-state index in [2.05, 4.69) is 32.9 Å². The fraction of sp³-hybridized carbons (Fsp3) is 0.308. The van der Waals surface area contributed by atoms with E-state index in [-0.39, 0.29) is 5.41 Å². The highest BCUT2D eigenvalue weighted by Crippen LogP contribution is 2.29. The lowest BCUT2D eigenvalue weighted by molar-refractivity contribution is 0.141. The van der Waals surface area contributed by atoms with Crippen LogP contribution in [0.3, 0.4) is 0 Å². The molecule has 1 radical (unpaired) electrons. The van der Waals surface area contributed by atoms with Crippen molar-refractivity contribution in [2.45, 2.75) is 52.0 Å². The number of hydrogen-bond donors (Lipinski definition) is 0. The lowest BCUT2D eigenvalue weighted by Crippen LogP contribution is -2.50. The largest absolute Gasteiger partial charge is 0.243 e. The standard InChI is InChI=1S/C26H29F2Si/c1-18-8-6-10-22(16-18)29(23-11-7-9-19(2)17-23)24(25(27)28)20-12-14-21(15-13-20)26(3,4)5/h6-17,24-25H,1-5H3/t24-/m0/s1. The van der Waals surface area contributed by atoms with Crippen LogP contribution >= 0.6 is 0 Å². The zero-order valence-electron chi connectivity index (χ0n) is 17.8. The Morgan fingerprint density at radius 2 is 1.21 bits per heavy atom. The molecule has 0 fully saturated rings. The first-order valence-electron chi connectivity index (χ1n) is 10.1. The van der Waals surface area contributed by atoms with Crippen LogP contribution in [0.5, 0.6) is 0 Å². The van der Waals surface area contributed by atoms with Gasteiger partial charge in [0.05, 0.1) is 0 Å². The van der Waals surface area contributed by atoms with Gasteiger partial charge in [0.25, 0.3) is 0 Å². The van der Waals surface area contributed by atoms with E-state index in [9.17, 15) is 8.78 Å². The normalized spacial score (nSPS) is 13.1. The van der Waals surface area contributed by atoms with Crippen molar-refractivity contribution < 1.29 is 8.78 Å². The molecule has 0 N–H and O–H groups in total. The minimum absolute atomic E-state index is 0.000274. The summed E-state index contributed by atoms with van der Waals surface area (Å²) in [5.74, 6) is 0. The quantitative estimate of drug-likeness (QED) is 0.469. The third-order valence-corrected chi connectivity index (χ3v) is 8.43. The van der Waals surface area contributed by atoms with Gasteiger partial charge in [0.1, 0.15) is 8.80 Å². The molecular weight excluding hydrogens is 378 g/mol. The Balaban J connectivity index is 2.15. The first kappa shape index (κ1) is 21.4. The minimum atomic E-state index is -2.43. The molecule has 0 spiro atoms. The van der Waals surface area contributed by atoms with E-state index in [0.29, 0.717) is 0 Å². The zero-order valence-corrected chi connectivity index (χ0v) is 18.8. The molecule has 1 atom stereocenters. The molecule has 0 heterocycles. The molecule has 0 nitrogen and oxygen atoms in total. The average molecular weight is 408 g/mol. The molecule has 3 heteroatoms. The predicted octanol–water partition coefficient (Wildman–Crippen LogP) is 5.80. The predicted molar refractivity (Wildman–Crippen MR) is 121 cm³/mol. The van der Waals surface area contributed by atoms with Crippen LogP contribution in [0.2, 0.25) is 0 Å². The molecule has 0 aliphatic carbocycles. The van der Waals surface area contributed by atoms with Crippen LogP contribution in [0.25, 0.3) is 0 Å². The van der Waals surface area contributed by atoms with Crippen molar-refractivity contribution in [2.75, 3.05) is 0 Å². The van der Waals surface area contributed by atoms with Crippen LogP contribution in [0.4, 0.5) is 8.78 Å². The summed E-state index contributed by atoms with van der Waals surface area (Å²) in [4.78, 5) is 0. The number of benzene rings is 3.